The number of ether oxygens (including phenoxy) is 1. The van der Waals surface area contributed by atoms with Gasteiger partial charge in [0.1, 0.15) is 11.8 Å². The van der Waals surface area contributed by atoms with E-state index in [9.17, 15) is 9.59 Å². The molecular weight excluding hydrogens is 410 g/mol. The largest absolute Gasteiger partial charge is 0.494 e. The Morgan fingerprint density at radius 1 is 1.19 bits per heavy atom. The predicted octanol–water partition coefficient (Wildman–Crippen LogP) is 4.59. The minimum Gasteiger partial charge on any atom is -0.494 e. The van der Waals surface area contributed by atoms with Crippen LogP contribution in [0.4, 0.5) is 0 Å². The van der Waals surface area contributed by atoms with Gasteiger partial charge in [-0.2, -0.15) is 5.10 Å². The highest BCUT2D eigenvalue weighted by molar-refractivity contribution is 7.26. The summed E-state index contributed by atoms with van der Waals surface area (Å²) < 4.78 is 8.80. The van der Waals surface area contributed by atoms with Gasteiger partial charge in [0, 0.05) is 16.6 Å². The molecule has 0 bridgehead atoms. The van der Waals surface area contributed by atoms with Gasteiger partial charge in [-0.1, -0.05) is 37.3 Å². The second kappa shape index (κ2) is 8.89. The molecule has 0 spiro atoms. The number of hydrogen-bond donors (Lipinski definition) is 1. The summed E-state index contributed by atoms with van der Waals surface area (Å²) in [6, 6.07) is 14.7. The van der Waals surface area contributed by atoms with Crippen molar-refractivity contribution in [2.24, 2.45) is 0 Å². The van der Waals surface area contributed by atoms with Crippen molar-refractivity contribution in [2.45, 2.75) is 39.8 Å². The van der Waals surface area contributed by atoms with E-state index in [0.29, 0.717) is 18.5 Å². The summed E-state index contributed by atoms with van der Waals surface area (Å²) >= 11 is 1.56. The third kappa shape index (κ3) is 4.18. The molecule has 0 aliphatic rings. The van der Waals surface area contributed by atoms with Gasteiger partial charge in [-0.3, -0.25) is 9.59 Å². The Kier molecular flexibility index (Phi) is 6.04. The molecule has 0 aliphatic carbocycles. The van der Waals surface area contributed by atoms with Gasteiger partial charge >= 0.3 is 0 Å². The zero-order valence-corrected chi connectivity index (χ0v) is 18.7. The van der Waals surface area contributed by atoms with Crippen molar-refractivity contribution in [3.63, 3.8) is 0 Å². The van der Waals surface area contributed by atoms with Crippen molar-refractivity contribution in [2.75, 3.05) is 6.61 Å². The Morgan fingerprint density at radius 2 is 1.94 bits per heavy atom. The van der Waals surface area contributed by atoms with Crippen LogP contribution in [0.1, 0.15) is 37.6 Å². The number of rotatable bonds is 7. The Morgan fingerprint density at radius 3 is 2.68 bits per heavy atom. The highest BCUT2D eigenvalue weighted by Crippen LogP contribution is 2.32. The number of carbonyl (C=O) groups excluding carboxylic acids is 1. The molecule has 31 heavy (non-hydrogen) atoms. The van der Waals surface area contributed by atoms with Crippen LogP contribution in [-0.2, 0) is 11.3 Å². The number of fused-ring (bicyclic) bond motifs is 3. The molecule has 2 heterocycles. The topological polar surface area (TPSA) is 73.2 Å². The van der Waals surface area contributed by atoms with Crippen LogP contribution in [0.3, 0.4) is 0 Å². The molecule has 1 N–H and O–H groups in total. The van der Waals surface area contributed by atoms with E-state index in [4.69, 9.17) is 4.74 Å². The Labute approximate surface area is 184 Å². The standard InChI is InChI=1S/C24H25N3O3S/c1-4-13-30-18-11-9-17(10-12-18)14-25-23(28)16(3)27-24(29)21-19-7-5-6-8-20(19)31-22(21)15(2)26-27/h5-12,16H,4,13-14H2,1-3H3,(H,25,28). The van der Waals surface area contributed by atoms with Crippen LogP contribution < -0.4 is 15.6 Å². The minimum absolute atomic E-state index is 0.238. The number of aryl methyl sites for hydroxylation is 1. The van der Waals surface area contributed by atoms with Crippen molar-refractivity contribution in [3.8, 4) is 5.75 Å². The van der Waals surface area contributed by atoms with Crippen LogP contribution >= 0.6 is 11.3 Å². The molecule has 7 heteroatoms. The summed E-state index contributed by atoms with van der Waals surface area (Å²) in [5, 5.41) is 8.90. The van der Waals surface area contributed by atoms with Crippen molar-refractivity contribution in [3.05, 3.63) is 70.1 Å². The van der Waals surface area contributed by atoms with Gasteiger partial charge in [-0.05, 0) is 44.0 Å². The first kappa shape index (κ1) is 21.1. The molecule has 2 aromatic heterocycles. The molecule has 1 amide bonds. The van der Waals surface area contributed by atoms with Crippen molar-refractivity contribution < 1.29 is 9.53 Å². The quantitative estimate of drug-likeness (QED) is 0.461. The average molecular weight is 436 g/mol. The van der Waals surface area contributed by atoms with Crippen molar-refractivity contribution in [1.82, 2.24) is 15.1 Å². The summed E-state index contributed by atoms with van der Waals surface area (Å²) in [6.07, 6.45) is 0.954. The zero-order valence-electron chi connectivity index (χ0n) is 17.8. The fraction of sp³-hybridized carbons (Fsp3) is 0.292. The first-order chi connectivity index (χ1) is 15.0. The van der Waals surface area contributed by atoms with Crippen LogP contribution in [0.15, 0.2) is 53.3 Å². The van der Waals surface area contributed by atoms with E-state index in [0.717, 1.165) is 38.2 Å². The van der Waals surface area contributed by atoms with Gasteiger partial charge in [0.15, 0.2) is 0 Å². The number of benzene rings is 2. The molecule has 0 saturated heterocycles. The second-order valence-corrected chi connectivity index (χ2v) is 8.58. The summed E-state index contributed by atoms with van der Waals surface area (Å²) in [4.78, 5) is 26.0. The third-order valence-corrected chi connectivity index (χ3v) is 6.49. The molecule has 1 atom stereocenters. The fourth-order valence-corrected chi connectivity index (χ4v) is 4.65. The first-order valence-corrected chi connectivity index (χ1v) is 11.2. The van der Waals surface area contributed by atoms with Gasteiger partial charge < -0.3 is 10.1 Å². The van der Waals surface area contributed by atoms with Crippen LogP contribution in [-0.4, -0.2) is 22.3 Å². The molecule has 0 saturated carbocycles. The van der Waals surface area contributed by atoms with Gasteiger partial charge in [0.25, 0.3) is 5.56 Å². The summed E-state index contributed by atoms with van der Waals surface area (Å²) in [7, 11) is 0. The number of aromatic nitrogens is 2. The Balaban J connectivity index is 1.54. The molecule has 4 rings (SSSR count). The monoisotopic (exact) mass is 435 g/mol. The second-order valence-electron chi connectivity index (χ2n) is 7.52. The maximum absolute atomic E-state index is 13.2. The van der Waals surface area contributed by atoms with Crippen LogP contribution in [0.2, 0.25) is 0 Å². The van der Waals surface area contributed by atoms with Gasteiger partial charge in [-0.15, -0.1) is 11.3 Å². The van der Waals surface area contributed by atoms with E-state index in [1.165, 1.54) is 4.68 Å². The lowest BCUT2D eigenvalue weighted by Gasteiger charge is -2.15. The van der Waals surface area contributed by atoms with Crippen LogP contribution in [0.25, 0.3) is 20.2 Å². The van der Waals surface area contributed by atoms with E-state index in [1.807, 2.05) is 55.5 Å². The maximum Gasteiger partial charge on any atom is 0.276 e. The molecule has 1 unspecified atom stereocenters. The van der Waals surface area contributed by atoms with E-state index in [-0.39, 0.29) is 11.5 Å². The third-order valence-electron chi connectivity index (χ3n) is 5.21. The number of nitrogens with zero attached hydrogens (tertiary/aromatic N) is 2. The smallest absolute Gasteiger partial charge is 0.276 e. The van der Waals surface area contributed by atoms with E-state index in [2.05, 4.69) is 17.3 Å². The SMILES string of the molecule is CCCOc1ccc(CNC(=O)C(C)n2nc(C)c3sc4ccccc4c3c2=O)cc1. The molecule has 4 aromatic rings. The lowest BCUT2D eigenvalue weighted by molar-refractivity contribution is -0.124. The number of nitrogens with one attached hydrogen (secondary N) is 1. The molecule has 0 aliphatic heterocycles. The van der Waals surface area contributed by atoms with Crippen molar-refractivity contribution in [1.29, 1.82) is 0 Å². The molecular formula is C24H25N3O3S. The zero-order chi connectivity index (χ0) is 22.0. The maximum atomic E-state index is 13.2. The number of amides is 1. The number of carbonyl (C=O) groups is 1. The predicted molar refractivity (Wildman–Crippen MR) is 125 cm³/mol. The molecule has 2 aromatic carbocycles. The van der Waals surface area contributed by atoms with Gasteiger partial charge in [-0.25, -0.2) is 4.68 Å². The molecule has 0 radical (unpaired) electrons. The lowest BCUT2D eigenvalue weighted by atomic mass is 10.2. The number of thiophene rings is 1. The fourth-order valence-electron chi connectivity index (χ4n) is 3.51. The first-order valence-electron chi connectivity index (χ1n) is 10.4. The summed E-state index contributed by atoms with van der Waals surface area (Å²) in [5.74, 6) is 0.562. The highest BCUT2D eigenvalue weighted by atomic mass is 32.1. The van der Waals surface area contributed by atoms with E-state index >= 15 is 0 Å². The summed E-state index contributed by atoms with van der Waals surface area (Å²) in [5.41, 5.74) is 1.47. The minimum atomic E-state index is -0.721. The van der Waals surface area contributed by atoms with Crippen LogP contribution in [0, 0.1) is 6.92 Å². The van der Waals surface area contributed by atoms with Gasteiger partial charge in [0.2, 0.25) is 5.91 Å². The number of hydrogen-bond acceptors (Lipinski definition) is 5. The molecule has 0 fully saturated rings. The average Bonchev–Trinajstić information content (AvgIpc) is 3.19. The lowest BCUT2D eigenvalue weighted by Crippen LogP contribution is -2.37. The Hall–Kier alpha value is -3.19. The van der Waals surface area contributed by atoms with Gasteiger partial charge in [0.05, 0.1) is 22.4 Å². The Bertz CT molecular complexity index is 1290. The molecule has 6 nitrogen and oxygen atoms in total. The van der Waals surface area contributed by atoms with E-state index in [1.54, 1.807) is 18.3 Å². The van der Waals surface area contributed by atoms with Crippen molar-refractivity contribution >= 4 is 37.4 Å². The highest BCUT2D eigenvalue weighted by Gasteiger charge is 2.21. The normalized spacial score (nSPS) is 12.2. The molecule has 160 valence electrons. The summed E-state index contributed by atoms with van der Waals surface area (Å²) in [6.45, 7) is 6.68. The van der Waals surface area contributed by atoms with E-state index < -0.39 is 6.04 Å². The van der Waals surface area contributed by atoms with Crippen LogP contribution in [0.5, 0.6) is 5.75 Å².